The van der Waals surface area contributed by atoms with Crippen molar-refractivity contribution >= 4 is 17.8 Å². The predicted molar refractivity (Wildman–Crippen MR) is 231 cm³/mol. The SMILES string of the molecule is CCCCCCCC/C=C\CCCCCCCC(=O)OCCN(CCOC(=O)CCCCCCC/C=C\CCCCCCCC)C(=O)CC[N+](C)(C)CCO. The molecule has 1 N–H and O–H groups in total. The minimum Gasteiger partial charge on any atom is -0.464 e. The monoisotopic (exact) mass is 778 g/mol. The number of carbonyl (C=O) groups excluding carboxylic acids is 3. The number of nitrogens with zero attached hydrogens (tertiary/aromatic N) is 2. The molecule has 0 spiro atoms. The van der Waals surface area contributed by atoms with E-state index in [0.717, 1.165) is 51.4 Å². The number of aliphatic hydroxyl groups excluding tert-OH is 1. The molecule has 0 rings (SSSR count). The molecule has 0 heterocycles. The molecule has 0 aliphatic heterocycles. The van der Waals surface area contributed by atoms with Crippen LogP contribution in [0.15, 0.2) is 24.3 Å². The highest BCUT2D eigenvalue weighted by Gasteiger charge is 2.21. The largest absolute Gasteiger partial charge is 0.464 e. The summed E-state index contributed by atoms with van der Waals surface area (Å²) < 4.78 is 11.5. The van der Waals surface area contributed by atoms with E-state index in [1.165, 1.54) is 116 Å². The van der Waals surface area contributed by atoms with Crippen molar-refractivity contribution in [2.45, 2.75) is 200 Å². The van der Waals surface area contributed by atoms with E-state index in [4.69, 9.17) is 9.47 Å². The summed E-state index contributed by atoms with van der Waals surface area (Å²) in [6.45, 7) is 6.54. The number of hydrogen-bond donors (Lipinski definition) is 1. The van der Waals surface area contributed by atoms with Crippen molar-refractivity contribution in [3.8, 4) is 0 Å². The van der Waals surface area contributed by atoms with Crippen molar-refractivity contribution in [2.75, 3.05) is 60.1 Å². The Morgan fingerprint density at radius 2 is 0.836 bits per heavy atom. The van der Waals surface area contributed by atoms with Crippen molar-refractivity contribution < 1.29 is 33.4 Å². The van der Waals surface area contributed by atoms with Gasteiger partial charge < -0.3 is 24.0 Å². The smallest absolute Gasteiger partial charge is 0.305 e. The third-order valence-corrected chi connectivity index (χ3v) is 10.5. The molecule has 8 nitrogen and oxygen atoms in total. The van der Waals surface area contributed by atoms with Gasteiger partial charge in [0, 0.05) is 12.8 Å². The summed E-state index contributed by atoms with van der Waals surface area (Å²) in [5.74, 6) is -0.514. The van der Waals surface area contributed by atoms with E-state index in [1.807, 2.05) is 14.1 Å². The zero-order valence-electron chi connectivity index (χ0n) is 36.6. The predicted octanol–water partition coefficient (Wildman–Crippen LogP) is 11.4. The van der Waals surface area contributed by atoms with Gasteiger partial charge in [0.1, 0.15) is 19.8 Å². The lowest BCUT2D eigenvalue weighted by Crippen LogP contribution is -2.45. The molecular formula is C47H89N2O6+. The number of amides is 1. The number of rotatable bonds is 41. The maximum Gasteiger partial charge on any atom is 0.305 e. The molecule has 0 bridgehead atoms. The van der Waals surface area contributed by atoms with Crippen LogP contribution in [0.1, 0.15) is 200 Å². The van der Waals surface area contributed by atoms with E-state index in [9.17, 15) is 19.5 Å². The molecule has 322 valence electrons. The second-order valence-corrected chi connectivity index (χ2v) is 16.3. The van der Waals surface area contributed by atoms with Gasteiger partial charge in [-0.1, -0.05) is 141 Å². The minimum absolute atomic E-state index is 0.0597. The lowest BCUT2D eigenvalue weighted by molar-refractivity contribution is -0.890. The first kappa shape index (κ1) is 52.8. The molecule has 0 atom stereocenters. The number of unbranched alkanes of at least 4 members (excludes halogenated alkanes) is 22. The molecule has 1 amide bonds. The summed E-state index contributed by atoms with van der Waals surface area (Å²) in [5.41, 5.74) is 0. The Kier molecular flexibility index (Phi) is 38.4. The van der Waals surface area contributed by atoms with E-state index in [2.05, 4.69) is 38.2 Å². The summed E-state index contributed by atoms with van der Waals surface area (Å²) in [6.07, 6.45) is 42.0. The Morgan fingerprint density at radius 1 is 0.491 bits per heavy atom. The first-order chi connectivity index (χ1) is 26.8. The van der Waals surface area contributed by atoms with E-state index >= 15 is 0 Å². The van der Waals surface area contributed by atoms with Crippen LogP contribution < -0.4 is 0 Å². The van der Waals surface area contributed by atoms with E-state index < -0.39 is 0 Å². The normalized spacial score (nSPS) is 11.9. The van der Waals surface area contributed by atoms with E-state index in [-0.39, 0.29) is 50.8 Å². The minimum atomic E-state index is -0.225. The van der Waals surface area contributed by atoms with Gasteiger partial charge in [-0.3, -0.25) is 14.4 Å². The van der Waals surface area contributed by atoms with Crippen molar-refractivity contribution in [1.82, 2.24) is 4.90 Å². The Labute approximate surface area is 339 Å². The average Bonchev–Trinajstić information content (AvgIpc) is 3.16. The van der Waals surface area contributed by atoms with Gasteiger partial charge in [-0.15, -0.1) is 0 Å². The van der Waals surface area contributed by atoms with Crippen molar-refractivity contribution in [2.24, 2.45) is 0 Å². The molecule has 0 aromatic carbocycles. The van der Waals surface area contributed by atoms with Gasteiger partial charge >= 0.3 is 11.9 Å². The number of ether oxygens (including phenoxy) is 2. The molecule has 0 saturated heterocycles. The fourth-order valence-electron chi connectivity index (χ4n) is 6.66. The molecule has 0 fully saturated rings. The molecule has 55 heavy (non-hydrogen) atoms. The highest BCUT2D eigenvalue weighted by atomic mass is 16.5. The number of esters is 2. The Bertz CT molecular complexity index is 892. The van der Waals surface area contributed by atoms with Crippen LogP contribution in [0.2, 0.25) is 0 Å². The van der Waals surface area contributed by atoms with E-state index in [1.54, 1.807) is 4.90 Å². The van der Waals surface area contributed by atoms with Gasteiger partial charge in [-0.25, -0.2) is 0 Å². The maximum absolute atomic E-state index is 13.2. The summed E-state index contributed by atoms with van der Waals surface area (Å²) >= 11 is 0. The van der Waals surface area contributed by atoms with Gasteiger partial charge in [-0.2, -0.15) is 0 Å². The lowest BCUT2D eigenvalue weighted by atomic mass is 10.1. The standard InChI is InChI=1S/C47H89N2O6/c1-5-7-9-11-13-15-17-19-21-23-25-27-29-31-33-35-46(52)54-43-38-48(45(51)37-40-49(3,4)41-42-50)39-44-55-47(53)36-34-32-30-28-26-24-22-20-18-16-14-12-10-8-6-2/h19-22,50H,5-18,23-44H2,1-4H3/q+1/b21-19-,22-20-. The van der Waals surface area contributed by atoms with Crippen molar-refractivity contribution in [3.63, 3.8) is 0 Å². The molecule has 0 saturated carbocycles. The first-order valence-electron chi connectivity index (χ1n) is 23.1. The highest BCUT2D eigenvalue weighted by Crippen LogP contribution is 2.12. The van der Waals surface area contributed by atoms with Crippen LogP contribution in [0.4, 0.5) is 0 Å². The summed E-state index contributed by atoms with van der Waals surface area (Å²) in [6, 6.07) is 0. The fraction of sp³-hybridized carbons (Fsp3) is 0.851. The average molecular weight is 778 g/mol. The molecule has 0 aliphatic rings. The maximum atomic E-state index is 13.2. The molecule has 0 aliphatic carbocycles. The second kappa shape index (κ2) is 40.0. The quantitative estimate of drug-likeness (QED) is 0.0288. The molecular weight excluding hydrogens is 689 g/mol. The first-order valence-corrected chi connectivity index (χ1v) is 23.1. The van der Waals surface area contributed by atoms with Gasteiger partial charge in [0.15, 0.2) is 0 Å². The lowest BCUT2D eigenvalue weighted by Gasteiger charge is -2.30. The Hall–Kier alpha value is -2.19. The van der Waals surface area contributed by atoms with Crippen LogP contribution in [0.3, 0.4) is 0 Å². The molecule has 0 aromatic heterocycles. The van der Waals surface area contributed by atoms with Crippen LogP contribution in [0, 0.1) is 0 Å². The van der Waals surface area contributed by atoms with Crippen LogP contribution in [0.5, 0.6) is 0 Å². The number of likely N-dealkylation sites (N-methyl/N-ethyl adjacent to an activating group) is 1. The number of carbonyl (C=O) groups is 3. The Morgan fingerprint density at radius 3 is 1.20 bits per heavy atom. The highest BCUT2D eigenvalue weighted by molar-refractivity contribution is 5.76. The zero-order valence-corrected chi connectivity index (χ0v) is 36.6. The molecule has 0 aromatic rings. The molecule has 0 unspecified atom stereocenters. The van der Waals surface area contributed by atoms with Crippen LogP contribution in [0.25, 0.3) is 0 Å². The Balaban J connectivity index is 4.22. The fourth-order valence-corrected chi connectivity index (χ4v) is 6.66. The van der Waals surface area contributed by atoms with Crippen LogP contribution in [-0.2, 0) is 23.9 Å². The van der Waals surface area contributed by atoms with Crippen molar-refractivity contribution in [1.29, 1.82) is 0 Å². The molecule has 0 radical (unpaired) electrons. The third-order valence-electron chi connectivity index (χ3n) is 10.5. The van der Waals surface area contributed by atoms with Crippen LogP contribution in [-0.4, -0.2) is 92.4 Å². The second-order valence-electron chi connectivity index (χ2n) is 16.3. The third kappa shape index (κ3) is 38.5. The summed E-state index contributed by atoms with van der Waals surface area (Å²) in [4.78, 5) is 39.6. The van der Waals surface area contributed by atoms with Gasteiger partial charge in [0.2, 0.25) is 5.91 Å². The van der Waals surface area contributed by atoms with E-state index in [0.29, 0.717) is 36.8 Å². The number of hydrogen-bond acceptors (Lipinski definition) is 6. The topological polar surface area (TPSA) is 93.1 Å². The summed E-state index contributed by atoms with van der Waals surface area (Å²) in [5, 5.41) is 9.37. The van der Waals surface area contributed by atoms with Gasteiger partial charge in [0.25, 0.3) is 0 Å². The van der Waals surface area contributed by atoms with Gasteiger partial charge in [0.05, 0.1) is 46.8 Å². The van der Waals surface area contributed by atoms with Crippen molar-refractivity contribution in [3.05, 3.63) is 24.3 Å². The zero-order chi connectivity index (χ0) is 40.5. The number of aliphatic hydroxyl groups is 1. The number of quaternary nitrogens is 1. The summed E-state index contributed by atoms with van der Waals surface area (Å²) in [7, 11) is 3.98. The number of allylic oxidation sites excluding steroid dienone is 4. The molecule has 8 heteroatoms. The van der Waals surface area contributed by atoms with Crippen LogP contribution >= 0.6 is 0 Å². The van der Waals surface area contributed by atoms with Gasteiger partial charge in [-0.05, 0) is 64.2 Å².